The Hall–Kier alpha value is -3.95. The Bertz CT molecular complexity index is 1480. The Morgan fingerprint density at radius 3 is 2.69 bits per heavy atom. The van der Waals surface area contributed by atoms with Crippen molar-refractivity contribution in [2.24, 2.45) is 0 Å². The van der Waals surface area contributed by atoms with Gasteiger partial charge in [-0.05, 0) is 54.8 Å². The maximum Gasteiger partial charge on any atom is 0.229 e. The number of aromatic nitrogens is 3. The van der Waals surface area contributed by atoms with Crippen LogP contribution in [0.15, 0.2) is 78.3 Å². The average molecular weight is 502 g/mol. The molecule has 0 saturated carbocycles. The van der Waals surface area contributed by atoms with E-state index in [9.17, 15) is 9.18 Å². The van der Waals surface area contributed by atoms with Crippen molar-refractivity contribution in [3.63, 3.8) is 0 Å². The van der Waals surface area contributed by atoms with E-state index in [0.717, 1.165) is 26.0 Å². The van der Waals surface area contributed by atoms with Gasteiger partial charge >= 0.3 is 0 Å². The van der Waals surface area contributed by atoms with Gasteiger partial charge in [0.1, 0.15) is 5.82 Å². The molecule has 0 aliphatic heterocycles. The number of carbonyl (C=O) groups excluding carboxylic acids is 1. The summed E-state index contributed by atoms with van der Waals surface area (Å²) < 4.78 is 13.6. The first-order valence-electron chi connectivity index (χ1n) is 10.8. The fourth-order valence-electron chi connectivity index (χ4n) is 3.56. The second-order valence-corrected chi connectivity index (χ2v) is 9.93. The summed E-state index contributed by atoms with van der Waals surface area (Å²) in [7, 11) is 0. The molecule has 0 radical (unpaired) electrons. The van der Waals surface area contributed by atoms with Crippen LogP contribution in [-0.2, 0) is 11.2 Å². The van der Waals surface area contributed by atoms with Crippen molar-refractivity contribution < 1.29 is 9.18 Å². The molecule has 5 rings (SSSR count). The van der Waals surface area contributed by atoms with Gasteiger partial charge in [0.05, 0.1) is 27.7 Å². The van der Waals surface area contributed by atoms with E-state index >= 15 is 0 Å². The molecule has 0 spiro atoms. The number of nitrogens with zero attached hydrogens (tertiary/aromatic N) is 3. The van der Waals surface area contributed by atoms with Gasteiger partial charge in [0, 0.05) is 28.0 Å². The number of amides is 1. The lowest BCUT2D eigenvalue weighted by Gasteiger charge is -2.09. The predicted octanol–water partition coefficient (Wildman–Crippen LogP) is 6.70. The molecular weight excluding hydrogens is 481 g/mol. The molecule has 174 valence electrons. The highest BCUT2D eigenvalue weighted by Crippen LogP contribution is 2.37. The number of nitrogens with one attached hydrogen (secondary N) is 2. The van der Waals surface area contributed by atoms with Crippen molar-refractivity contribution in [2.75, 3.05) is 10.6 Å². The van der Waals surface area contributed by atoms with E-state index in [1.54, 1.807) is 29.7 Å². The zero-order valence-corrected chi connectivity index (χ0v) is 20.3. The number of rotatable bonds is 7. The van der Waals surface area contributed by atoms with E-state index in [-0.39, 0.29) is 11.7 Å². The number of hydrogen-bond acceptors (Lipinski definition) is 7. The molecule has 0 aliphatic rings. The van der Waals surface area contributed by atoms with Gasteiger partial charge < -0.3 is 10.6 Å². The zero-order valence-electron chi connectivity index (χ0n) is 18.7. The fraction of sp³-hybridized carbons (Fsp3) is 0.0769. The number of carbonyl (C=O) groups is 1. The summed E-state index contributed by atoms with van der Waals surface area (Å²) in [5.41, 5.74) is 3.62. The lowest BCUT2D eigenvalue weighted by Crippen LogP contribution is -2.13. The smallest absolute Gasteiger partial charge is 0.229 e. The van der Waals surface area contributed by atoms with Gasteiger partial charge in [-0.25, -0.2) is 19.3 Å². The van der Waals surface area contributed by atoms with Gasteiger partial charge in [0.15, 0.2) is 0 Å². The average Bonchev–Trinajstić information content (AvgIpc) is 3.49. The first-order valence-corrected chi connectivity index (χ1v) is 12.5. The number of hydrogen-bond donors (Lipinski definition) is 2. The maximum atomic E-state index is 13.6. The SMILES string of the molecule is Cc1nc(-c2cccc(NC(=O)Cc3cccs3)c2)c(-c2ccnc(Nc3cccc(F)c3)n2)s1. The summed E-state index contributed by atoms with van der Waals surface area (Å²) >= 11 is 3.09. The maximum absolute atomic E-state index is 13.6. The summed E-state index contributed by atoms with van der Waals surface area (Å²) in [6.45, 7) is 1.94. The minimum absolute atomic E-state index is 0.0665. The van der Waals surface area contributed by atoms with Gasteiger partial charge in [-0.1, -0.05) is 24.3 Å². The van der Waals surface area contributed by atoms with Crippen molar-refractivity contribution in [1.29, 1.82) is 0 Å². The van der Waals surface area contributed by atoms with Crippen LogP contribution < -0.4 is 10.6 Å². The normalized spacial score (nSPS) is 10.8. The van der Waals surface area contributed by atoms with Crippen LogP contribution in [0.5, 0.6) is 0 Å². The molecule has 0 bridgehead atoms. The van der Waals surface area contributed by atoms with Gasteiger partial charge in [0.25, 0.3) is 0 Å². The summed E-state index contributed by atoms with van der Waals surface area (Å²) in [5.74, 6) is -0.0447. The highest BCUT2D eigenvalue weighted by molar-refractivity contribution is 7.15. The van der Waals surface area contributed by atoms with Crippen molar-refractivity contribution in [3.8, 4) is 21.8 Å². The molecule has 35 heavy (non-hydrogen) atoms. The van der Waals surface area contributed by atoms with Crippen molar-refractivity contribution in [1.82, 2.24) is 15.0 Å². The molecule has 3 heterocycles. The second-order valence-electron chi connectivity index (χ2n) is 7.70. The Morgan fingerprint density at radius 2 is 1.86 bits per heavy atom. The molecule has 0 atom stereocenters. The van der Waals surface area contributed by atoms with Gasteiger partial charge in [-0.2, -0.15) is 0 Å². The van der Waals surface area contributed by atoms with E-state index in [1.807, 2.05) is 54.8 Å². The molecule has 0 saturated heterocycles. The van der Waals surface area contributed by atoms with E-state index in [1.165, 1.54) is 23.5 Å². The van der Waals surface area contributed by atoms with Crippen LogP contribution in [0.1, 0.15) is 9.88 Å². The van der Waals surface area contributed by atoms with Crippen LogP contribution in [0.2, 0.25) is 0 Å². The summed E-state index contributed by atoms with van der Waals surface area (Å²) in [4.78, 5) is 28.0. The van der Waals surface area contributed by atoms with Crippen LogP contribution in [0.3, 0.4) is 0 Å². The number of aryl methyl sites for hydroxylation is 1. The lowest BCUT2D eigenvalue weighted by molar-refractivity contribution is -0.115. The molecule has 2 aromatic carbocycles. The standard InChI is InChI=1S/C26H20FN5OS2/c1-16-29-24(17-5-2-7-19(13-17)30-23(33)15-21-9-4-12-34-21)25(35-16)22-10-11-28-26(32-22)31-20-8-3-6-18(27)14-20/h2-14H,15H2,1H3,(H,30,33)(H,28,31,32). The van der Waals surface area contributed by atoms with Crippen molar-refractivity contribution >= 4 is 45.9 Å². The fourth-order valence-corrected chi connectivity index (χ4v) is 5.17. The predicted molar refractivity (Wildman–Crippen MR) is 140 cm³/mol. The summed E-state index contributed by atoms with van der Waals surface area (Å²) in [6, 6.07) is 19.5. The third-order valence-corrected chi connectivity index (χ3v) is 6.91. The number of thiazole rings is 1. The van der Waals surface area contributed by atoms with E-state index < -0.39 is 0 Å². The van der Waals surface area contributed by atoms with E-state index in [2.05, 4.69) is 20.6 Å². The highest BCUT2D eigenvalue weighted by Gasteiger charge is 2.16. The minimum Gasteiger partial charge on any atom is -0.326 e. The Morgan fingerprint density at radius 1 is 1.00 bits per heavy atom. The largest absolute Gasteiger partial charge is 0.326 e. The Kier molecular flexibility index (Phi) is 6.60. The molecule has 3 aromatic heterocycles. The zero-order chi connectivity index (χ0) is 24.2. The molecule has 6 nitrogen and oxygen atoms in total. The van der Waals surface area contributed by atoms with Gasteiger partial charge in [-0.3, -0.25) is 4.79 Å². The molecule has 2 N–H and O–H groups in total. The number of benzene rings is 2. The molecule has 5 aromatic rings. The number of thiophene rings is 1. The van der Waals surface area contributed by atoms with Crippen LogP contribution >= 0.6 is 22.7 Å². The summed E-state index contributed by atoms with van der Waals surface area (Å²) in [5, 5.41) is 8.87. The van der Waals surface area contributed by atoms with Crippen LogP contribution in [0.25, 0.3) is 21.8 Å². The van der Waals surface area contributed by atoms with Crippen LogP contribution in [-0.4, -0.2) is 20.9 Å². The lowest BCUT2D eigenvalue weighted by atomic mass is 10.1. The highest BCUT2D eigenvalue weighted by atomic mass is 32.1. The third-order valence-electron chi connectivity index (χ3n) is 5.04. The van der Waals surface area contributed by atoms with Crippen molar-refractivity contribution in [3.05, 3.63) is 94.0 Å². The molecular formula is C26H20FN5OS2. The van der Waals surface area contributed by atoms with Crippen molar-refractivity contribution in [2.45, 2.75) is 13.3 Å². The Labute approximate surface area is 209 Å². The monoisotopic (exact) mass is 501 g/mol. The van der Waals surface area contributed by atoms with E-state index in [0.29, 0.717) is 29.4 Å². The topological polar surface area (TPSA) is 79.8 Å². The third kappa shape index (κ3) is 5.59. The quantitative estimate of drug-likeness (QED) is 0.259. The first kappa shape index (κ1) is 22.8. The second kappa shape index (κ2) is 10.1. The van der Waals surface area contributed by atoms with Crippen LogP contribution in [0.4, 0.5) is 21.7 Å². The van der Waals surface area contributed by atoms with Crippen LogP contribution in [0, 0.1) is 12.7 Å². The molecule has 1 amide bonds. The van der Waals surface area contributed by atoms with E-state index in [4.69, 9.17) is 4.98 Å². The molecule has 0 unspecified atom stereocenters. The van der Waals surface area contributed by atoms with Gasteiger partial charge in [0.2, 0.25) is 11.9 Å². The summed E-state index contributed by atoms with van der Waals surface area (Å²) in [6.07, 6.45) is 2.00. The minimum atomic E-state index is -0.339. The first-order chi connectivity index (χ1) is 17.0. The molecule has 9 heteroatoms. The van der Waals surface area contributed by atoms with Gasteiger partial charge in [-0.15, -0.1) is 22.7 Å². The Balaban J connectivity index is 1.41. The number of anilines is 3. The number of halogens is 1. The molecule has 0 aliphatic carbocycles. The molecule has 0 fully saturated rings.